The molecule has 0 radical (unpaired) electrons. The van der Waals surface area contributed by atoms with Gasteiger partial charge in [0.05, 0.1) is 0 Å². The second kappa shape index (κ2) is 52.7. The van der Waals surface area contributed by atoms with E-state index in [2.05, 4.69) is 26.1 Å². The summed E-state index contributed by atoms with van der Waals surface area (Å²) in [7, 11) is 0. The van der Waals surface area contributed by atoms with Gasteiger partial charge in [0.1, 0.15) is 6.04 Å². The molecule has 0 bridgehead atoms. The van der Waals surface area contributed by atoms with Gasteiger partial charge in [-0.05, 0) is 19.3 Å². The molecule has 0 rings (SSSR count). The zero-order valence-corrected chi connectivity index (χ0v) is 43.9. The summed E-state index contributed by atoms with van der Waals surface area (Å²) < 4.78 is 0. The standard InChI is InChI=1S/C58H115N3O3/c1-4-7-10-13-16-19-22-25-28-31-34-37-40-43-46-49-56(62)55(54-60-53-52-59)61(57(63)50-47-44-41-38-35-32-29-26-23-20-17-14-11-8-5-2)58(64)51-48-45-42-39-36-33-30-27-24-21-18-15-12-9-6-3/h55,60H,4-54,59H2,1-3H3. The molecule has 0 saturated heterocycles. The zero-order chi connectivity index (χ0) is 46.7. The van der Waals surface area contributed by atoms with Crippen LogP contribution in [0.1, 0.15) is 329 Å². The van der Waals surface area contributed by atoms with Crippen molar-refractivity contribution < 1.29 is 14.4 Å². The normalized spacial score (nSPS) is 12.0. The fourth-order valence-electron chi connectivity index (χ4n) is 9.55. The molecular weight excluding hydrogens is 787 g/mol. The Balaban J connectivity index is 4.87. The summed E-state index contributed by atoms with van der Waals surface area (Å²) in [4.78, 5) is 43.3. The van der Waals surface area contributed by atoms with Crippen LogP contribution in [0.25, 0.3) is 0 Å². The molecule has 0 aromatic rings. The van der Waals surface area contributed by atoms with Gasteiger partial charge in [0, 0.05) is 38.9 Å². The molecule has 0 aliphatic rings. The Morgan fingerprint density at radius 3 is 0.797 bits per heavy atom. The fourth-order valence-corrected chi connectivity index (χ4v) is 9.55. The van der Waals surface area contributed by atoms with E-state index >= 15 is 0 Å². The van der Waals surface area contributed by atoms with Gasteiger partial charge in [0.15, 0.2) is 5.78 Å². The average Bonchev–Trinajstić information content (AvgIpc) is 3.29. The van der Waals surface area contributed by atoms with E-state index in [-0.39, 0.29) is 17.6 Å². The largest absolute Gasteiger partial charge is 0.329 e. The number of ketones is 1. The van der Waals surface area contributed by atoms with Gasteiger partial charge < -0.3 is 11.1 Å². The number of hydrogen-bond acceptors (Lipinski definition) is 5. The number of imide groups is 1. The van der Waals surface area contributed by atoms with Crippen LogP contribution in [0.4, 0.5) is 0 Å². The van der Waals surface area contributed by atoms with Crippen LogP contribution < -0.4 is 11.1 Å². The minimum absolute atomic E-state index is 0.0360. The number of carbonyl (C=O) groups excluding carboxylic acids is 3. The second-order valence-electron chi connectivity index (χ2n) is 20.2. The molecule has 0 heterocycles. The molecule has 1 atom stereocenters. The van der Waals surface area contributed by atoms with Crippen molar-refractivity contribution >= 4 is 17.6 Å². The van der Waals surface area contributed by atoms with E-state index in [0.29, 0.717) is 38.9 Å². The monoisotopic (exact) mass is 902 g/mol. The van der Waals surface area contributed by atoms with Crippen molar-refractivity contribution in [1.82, 2.24) is 10.2 Å². The lowest BCUT2D eigenvalue weighted by molar-refractivity contribution is -0.151. The number of rotatable bonds is 54. The maximum Gasteiger partial charge on any atom is 0.229 e. The van der Waals surface area contributed by atoms with Gasteiger partial charge in [-0.3, -0.25) is 19.3 Å². The molecule has 0 saturated carbocycles. The maximum absolute atomic E-state index is 14.0. The van der Waals surface area contributed by atoms with E-state index in [1.54, 1.807) is 0 Å². The molecule has 2 amide bonds. The van der Waals surface area contributed by atoms with Gasteiger partial charge >= 0.3 is 0 Å². The van der Waals surface area contributed by atoms with Crippen molar-refractivity contribution in [3.8, 4) is 0 Å². The summed E-state index contributed by atoms with van der Waals surface area (Å²) in [5.74, 6) is -0.260. The van der Waals surface area contributed by atoms with Crippen molar-refractivity contribution in [1.29, 1.82) is 0 Å². The van der Waals surface area contributed by atoms with Crippen LogP contribution in [-0.2, 0) is 14.4 Å². The van der Waals surface area contributed by atoms with Crippen LogP contribution in [0.3, 0.4) is 0 Å². The lowest BCUT2D eigenvalue weighted by Crippen LogP contribution is -2.53. The molecule has 64 heavy (non-hydrogen) atoms. The second-order valence-corrected chi connectivity index (χ2v) is 20.2. The molecule has 0 aromatic heterocycles. The third-order valence-corrected chi connectivity index (χ3v) is 13.9. The Morgan fingerprint density at radius 1 is 0.344 bits per heavy atom. The van der Waals surface area contributed by atoms with E-state index in [4.69, 9.17) is 5.73 Å². The van der Waals surface area contributed by atoms with Gasteiger partial charge in [-0.2, -0.15) is 0 Å². The number of unbranched alkanes of at least 4 members (excludes halogenated alkanes) is 42. The van der Waals surface area contributed by atoms with Gasteiger partial charge in [0.25, 0.3) is 0 Å². The molecule has 6 nitrogen and oxygen atoms in total. The molecule has 3 N–H and O–H groups in total. The third kappa shape index (κ3) is 43.3. The van der Waals surface area contributed by atoms with E-state index in [1.165, 1.54) is 236 Å². The van der Waals surface area contributed by atoms with Crippen molar-refractivity contribution in [3.63, 3.8) is 0 Å². The zero-order valence-electron chi connectivity index (χ0n) is 43.9. The van der Waals surface area contributed by atoms with E-state index in [9.17, 15) is 14.4 Å². The van der Waals surface area contributed by atoms with Gasteiger partial charge in [0.2, 0.25) is 11.8 Å². The summed E-state index contributed by atoms with van der Waals surface area (Å²) in [6, 6.07) is -0.731. The Bertz CT molecular complexity index is 926. The highest BCUT2D eigenvalue weighted by Crippen LogP contribution is 2.20. The molecule has 1 unspecified atom stereocenters. The van der Waals surface area contributed by atoms with Crippen LogP contribution in [0.5, 0.6) is 0 Å². The predicted molar refractivity (Wildman–Crippen MR) is 281 cm³/mol. The minimum atomic E-state index is -0.731. The van der Waals surface area contributed by atoms with Crippen LogP contribution in [0, 0.1) is 0 Å². The quantitative estimate of drug-likeness (QED) is 0.0593. The highest BCUT2D eigenvalue weighted by molar-refractivity contribution is 6.01. The number of Topliss-reactive ketones (excluding diaryl/α,β-unsaturated/α-hetero) is 1. The number of nitrogens with zero attached hydrogens (tertiary/aromatic N) is 1. The maximum atomic E-state index is 14.0. The lowest BCUT2D eigenvalue weighted by atomic mass is 10.00. The third-order valence-electron chi connectivity index (χ3n) is 13.9. The molecule has 0 aliphatic carbocycles. The predicted octanol–water partition coefficient (Wildman–Crippen LogP) is 17.6. The van der Waals surface area contributed by atoms with Crippen LogP contribution in [-0.4, -0.2) is 48.2 Å². The molecule has 0 fully saturated rings. The highest BCUT2D eigenvalue weighted by atomic mass is 16.2. The van der Waals surface area contributed by atoms with Crippen molar-refractivity contribution in [2.45, 2.75) is 335 Å². The van der Waals surface area contributed by atoms with Gasteiger partial charge in [-0.1, -0.05) is 290 Å². The average molecular weight is 903 g/mol. The van der Waals surface area contributed by atoms with E-state index in [0.717, 1.165) is 57.8 Å². The summed E-state index contributed by atoms with van der Waals surface area (Å²) in [6.45, 7) is 8.18. The topological polar surface area (TPSA) is 92.5 Å². The van der Waals surface area contributed by atoms with Gasteiger partial charge in [-0.15, -0.1) is 0 Å². The first-order valence-electron chi connectivity index (χ1n) is 29.3. The Morgan fingerprint density at radius 2 is 0.562 bits per heavy atom. The van der Waals surface area contributed by atoms with E-state index < -0.39 is 6.04 Å². The van der Waals surface area contributed by atoms with Crippen molar-refractivity contribution in [2.75, 3.05) is 19.6 Å². The van der Waals surface area contributed by atoms with Gasteiger partial charge in [-0.25, -0.2) is 0 Å². The van der Waals surface area contributed by atoms with Crippen molar-refractivity contribution in [2.24, 2.45) is 5.73 Å². The first kappa shape index (κ1) is 62.7. The summed E-state index contributed by atoms with van der Waals surface area (Å²) >= 11 is 0. The van der Waals surface area contributed by atoms with Crippen LogP contribution >= 0.6 is 0 Å². The summed E-state index contributed by atoms with van der Waals surface area (Å²) in [5.41, 5.74) is 5.83. The smallest absolute Gasteiger partial charge is 0.229 e. The molecule has 0 aromatic carbocycles. The Labute approximate surface area is 401 Å². The lowest BCUT2D eigenvalue weighted by Gasteiger charge is -2.30. The van der Waals surface area contributed by atoms with Crippen LogP contribution in [0.15, 0.2) is 0 Å². The SMILES string of the molecule is CCCCCCCCCCCCCCCCCC(=O)C(CNCCN)N(C(=O)CCCCCCCCCCCCCCCCC)C(=O)CCCCCCCCCCCCCCCCC. The minimum Gasteiger partial charge on any atom is -0.329 e. The number of nitrogens with one attached hydrogen (secondary N) is 1. The number of hydrogen-bond donors (Lipinski definition) is 2. The number of nitrogens with two attached hydrogens (primary N) is 1. The molecular formula is C58H115N3O3. The molecule has 6 heteroatoms. The number of amides is 2. The Hall–Kier alpha value is -1.27. The molecule has 0 spiro atoms. The first-order valence-corrected chi connectivity index (χ1v) is 29.3. The fraction of sp³-hybridized carbons (Fsp3) is 0.948. The summed E-state index contributed by atoms with van der Waals surface area (Å²) in [5, 5.41) is 3.31. The number of carbonyl (C=O) groups is 3. The summed E-state index contributed by atoms with van der Waals surface area (Å²) in [6.07, 6.45) is 58.7. The Kier molecular flexibility index (Phi) is 51.7. The van der Waals surface area contributed by atoms with E-state index in [1.807, 2.05) is 0 Å². The van der Waals surface area contributed by atoms with Crippen molar-refractivity contribution in [3.05, 3.63) is 0 Å². The first-order chi connectivity index (χ1) is 31.5. The molecule has 0 aliphatic heterocycles. The molecule has 380 valence electrons. The highest BCUT2D eigenvalue weighted by Gasteiger charge is 2.33. The van der Waals surface area contributed by atoms with Crippen LogP contribution in [0.2, 0.25) is 0 Å².